The van der Waals surface area contributed by atoms with Gasteiger partial charge in [-0.3, -0.25) is 0 Å². The SMILES string of the molecule is CNC(c1ccc(F)c(C)c1)c1occc1C. The van der Waals surface area contributed by atoms with Gasteiger partial charge in [0.15, 0.2) is 0 Å². The zero-order valence-corrected chi connectivity index (χ0v) is 10.3. The lowest BCUT2D eigenvalue weighted by atomic mass is 10.0. The maximum atomic E-state index is 13.2. The summed E-state index contributed by atoms with van der Waals surface area (Å²) >= 11 is 0. The molecule has 1 atom stereocenters. The Balaban J connectivity index is 2.42. The monoisotopic (exact) mass is 233 g/mol. The van der Waals surface area contributed by atoms with Gasteiger partial charge in [0.2, 0.25) is 0 Å². The Morgan fingerprint density at radius 1 is 1.18 bits per heavy atom. The molecule has 0 radical (unpaired) electrons. The Morgan fingerprint density at radius 2 is 1.94 bits per heavy atom. The molecule has 0 spiro atoms. The van der Waals surface area contributed by atoms with Gasteiger partial charge in [0.25, 0.3) is 0 Å². The Bertz CT molecular complexity index is 519. The van der Waals surface area contributed by atoms with Crippen molar-refractivity contribution < 1.29 is 8.81 Å². The second-order valence-corrected chi connectivity index (χ2v) is 4.20. The Hall–Kier alpha value is -1.61. The van der Waals surface area contributed by atoms with E-state index in [1.807, 2.05) is 26.1 Å². The Labute approximate surface area is 100 Å². The highest BCUT2D eigenvalue weighted by atomic mass is 19.1. The van der Waals surface area contributed by atoms with Crippen molar-refractivity contribution >= 4 is 0 Å². The third-order valence-corrected chi connectivity index (χ3v) is 2.97. The van der Waals surface area contributed by atoms with Gasteiger partial charge in [0.05, 0.1) is 12.3 Å². The van der Waals surface area contributed by atoms with Gasteiger partial charge in [-0.15, -0.1) is 0 Å². The van der Waals surface area contributed by atoms with Gasteiger partial charge < -0.3 is 9.73 Å². The van der Waals surface area contributed by atoms with Gasteiger partial charge in [-0.1, -0.05) is 12.1 Å². The average Bonchev–Trinajstić information content (AvgIpc) is 2.71. The summed E-state index contributed by atoms with van der Waals surface area (Å²) in [7, 11) is 1.87. The molecule has 0 aliphatic carbocycles. The first-order valence-electron chi connectivity index (χ1n) is 5.60. The van der Waals surface area contributed by atoms with Crippen molar-refractivity contribution in [3.63, 3.8) is 0 Å². The van der Waals surface area contributed by atoms with Crippen LogP contribution in [0.2, 0.25) is 0 Å². The second kappa shape index (κ2) is 4.72. The van der Waals surface area contributed by atoms with Crippen LogP contribution in [0.4, 0.5) is 4.39 Å². The quantitative estimate of drug-likeness (QED) is 0.879. The number of nitrogens with one attached hydrogen (secondary N) is 1. The second-order valence-electron chi connectivity index (χ2n) is 4.20. The molecule has 1 aromatic carbocycles. The standard InChI is InChI=1S/C14H16FNO/c1-9-6-7-17-14(9)13(16-3)11-4-5-12(15)10(2)8-11/h4-8,13,16H,1-3H3. The fourth-order valence-corrected chi connectivity index (χ4v) is 1.98. The van der Waals surface area contributed by atoms with E-state index in [4.69, 9.17) is 4.42 Å². The lowest BCUT2D eigenvalue weighted by Crippen LogP contribution is -2.18. The van der Waals surface area contributed by atoms with Crippen LogP contribution in [-0.2, 0) is 0 Å². The first kappa shape index (κ1) is 11.9. The molecule has 0 aliphatic heterocycles. The zero-order valence-electron chi connectivity index (χ0n) is 10.3. The summed E-state index contributed by atoms with van der Waals surface area (Å²) in [5.74, 6) is 0.693. The van der Waals surface area contributed by atoms with Crippen LogP contribution >= 0.6 is 0 Å². The minimum absolute atomic E-state index is 0.0377. The lowest BCUT2D eigenvalue weighted by Gasteiger charge is -2.16. The molecular formula is C14H16FNO. The summed E-state index contributed by atoms with van der Waals surface area (Å²) in [6.07, 6.45) is 1.67. The normalized spacial score (nSPS) is 12.7. The number of halogens is 1. The minimum atomic E-state index is -0.181. The van der Waals surface area contributed by atoms with Crippen LogP contribution in [-0.4, -0.2) is 7.05 Å². The van der Waals surface area contributed by atoms with E-state index in [-0.39, 0.29) is 11.9 Å². The van der Waals surface area contributed by atoms with Gasteiger partial charge in [0.1, 0.15) is 11.6 Å². The number of hydrogen-bond donors (Lipinski definition) is 1. The topological polar surface area (TPSA) is 25.2 Å². The molecule has 2 aromatic rings. The maximum Gasteiger partial charge on any atom is 0.128 e. The van der Waals surface area contributed by atoms with Gasteiger partial charge in [-0.05, 0) is 49.7 Å². The van der Waals surface area contributed by atoms with Crippen LogP contribution in [0.3, 0.4) is 0 Å². The van der Waals surface area contributed by atoms with E-state index in [2.05, 4.69) is 5.32 Å². The summed E-state index contributed by atoms with van der Waals surface area (Å²) in [5.41, 5.74) is 2.74. The number of furan rings is 1. The van der Waals surface area contributed by atoms with Crippen LogP contribution in [0.15, 0.2) is 34.9 Å². The third kappa shape index (κ3) is 2.24. The molecule has 2 rings (SSSR count). The average molecular weight is 233 g/mol. The highest BCUT2D eigenvalue weighted by Gasteiger charge is 2.17. The van der Waals surface area contributed by atoms with E-state index in [0.717, 1.165) is 16.9 Å². The summed E-state index contributed by atoms with van der Waals surface area (Å²) in [5, 5.41) is 3.19. The Kier molecular flexibility index (Phi) is 3.29. The molecule has 1 N–H and O–H groups in total. The molecule has 0 saturated heterocycles. The van der Waals surface area contributed by atoms with Crippen LogP contribution in [0.5, 0.6) is 0 Å². The fourth-order valence-electron chi connectivity index (χ4n) is 1.98. The highest BCUT2D eigenvalue weighted by Crippen LogP contribution is 2.26. The van der Waals surface area contributed by atoms with E-state index < -0.39 is 0 Å². The fraction of sp³-hybridized carbons (Fsp3) is 0.286. The molecule has 0 aliphatic rings. The van der Waals surface area contributed by atoms with Crippen LogP contribution in [0.1, 0.15) is 28.5 Å². The summed E-state index contributed by atoms with van der Waals surface area (Å²) < 4.78 is 18.7. The number of aryl methyl sites for hydroxylation is 2. The van der Waals surface area contributed by atoms with Gasteiger partial charge in [-0.25, -0.2) is 4.39 Å². The summed E-state index contributed by atoms with van der Waals surface area (Å²) in [6, 6.07) is 7.01. The Morgan fingerprint density at radius 3 is 2.47 bits per heavy atom. The van der Waals surface area contributed by atoms with Gasteiger partial charge in [-0.2, -0.15) is 0 Å². The molecule has 0 saturated carbocycles. The molecule has 90 valence electrons. The van der Waals surface area contributed by atoms with Crippen molar-refractivity contribution in [1.29, 1.82) is 0 Å². The van der Waals surface area contributed by atoms with Crippen molar-refractivity contribution in [2.75, 3.05) is 7.05 Å². The van der Waals surface area contributed by atoms with Crippen molar-refractivity contribution in [1.82, 2.24) is 5.32 Å². The van der Waals surface area contributed by atoms with Gasteiger partial charge >= 0.3 is 0 Å². The summed E-state index contributed by atoms with van der Waals surface area (Å²) in [4.78, 5) is 0. The molecular weight excluding hydrogens is 217 g/mol. The molecule has 0 fully saturated rings. The molecule has 0 bridgehead atoms. The van der Waals surface area contributed by atoms with E-state index in [1.165, 1.54) is 6.07 Å². The predicted molar refractivity (Wildman–Crippen MR) is 65.5 cm³/mol. The van der Waals surface area contributed by atoms with Crippen LogP contribution < -0.4 is 5.32 Å². The zero-order chi connectivity index (χ0) is 12.4. The van der Waals surface area contributed by atoms with Crippen molar-refractivity contribution in [2.45, 2.75) is 19.9 Å². The van der Waals surface area contributed by atoms with E-state index in [0.29, 0.717) is 5.56 Å². The molecule has 1 heterocycles. The van der Waals surface area contributed by atoms with Crippen molar-refractivity contribution in [3.05, 3.63) is 58.8 Å². The molecule has 17 heavy (non-hydrogen) atoms. The first-order valence-corrected chi connectivity index (χ1v) is 5.60. The molecule has 0 amide bonds. The van der Waals surface area contributed by atoms with E-state index >= 15 is 0 Å². The first-order chi connectivity index (χ1) is 8.13. The van der Waals surface area contributed by atoms with Crippen molar-refractivity contribution in [3.8, 4) is 0 Å². The van der Waals surface area contributed by atoms with E-state index in [9.17, 15) is 4.39 Å². The van der Waals surface area contributed by atoms with Crippen molar-refractivity contribution in [2.24, 2.45) is 0 Å². The largest absolute Gasteiger partial charge is 0.467 e. The maximum absolute atomic E-state index is 13.2. The highest BCUT2D eigenvalue weighted by molar-refractivity contribution is 5.33. The number of rotatable bonds is 3. The van der Waals surface area contributed by atoms with Crippen LogP contribution in [0.25, 0.3) is 0 Å². The third-order valence-electron chi connectivity index (χ3n) is 2.97. The summed E-state index contributed by atoms with van der Waals surface area (Å²) in [6.45, 7) is 3.76. The predicted octanol–water partition coefficient (Wildman–Crippen LogP) is 3.34. The number of hydrogen-bond acceptors (Lipinski definition) is 2. The lowest BCUT2D eigenvalue weighted by molar-refractivity contribution is 0.460. The molecule has 1 aromatic heterocycles. The smallest absolute Gasteiger partial charge is 0.128 e. The molecule has 1 unspecified atom stereocenters. The molecule has 3 heteroatoms. The minimum Gasteiger partial charge on any atom is -0.467 e. The van der Waals surface area contributed by atoms with Gasteiger partial charge in [0, 0.05) is 0 Å². The number of benzene rings is 1. The molecule has 2 nitrogen and oxygen atoms in total. The van der Waals surface area contributed by atoms with Crippen LogP contribution in [0, 0.1) is 19.7 Å². The van der Waals surface area contributed by atoms with E-state index in [1.54, 1.807) is 19.3 Å².